The third-order valence-corrected chi connectivity index (χ3v) is 7.04. The fourth-order valence-corrected chi connectivity index (χ4v) is 5.12. The predicted octanol–water partition coefficient (Wildman–Crippen LogP) is 2.85. The Hall–Kier alpha value is -2.25. The van der Waals surface area contributed by atoms with Crippen LogP contribution in [-0.2, 0) is 17.1 Å². The van der Waals surface area contributed by atoms with Crippen LogP contribution in [0.2, 0.25) is 0 Å². The van der Waals surface area contributed by atoms with Crippen LogP contribution in [0, 0.1) is 6.92 Å². The second kappa shape index (κ2) is 6.48. The van der Waals surface area contributed by atoms with E-state index in [9.17, 15) is 8.42 Å². The average Bonchev–Trinajstić information content (AvgIpc) is 2.99. The number of sulfonamides is 1. The minimum Gasteiger partial charge on any atom is -0.250 e. The van der Waals surface area contributed by atoms with Gasteiger partial charge in [-0.3, -0.25) is 4.68 Å². The molecule has 1 saturated heterocycles. The monoisotopic (exact) mass is 370 g/mol. The van der Waals surface area contributed by atoms with Gasteiger partial charge in [0, 0.05) is 37.6 Å². The molecular formula is C19H22N4O2S. The summed E-state index contributed by atoms with van der Waals surface area (Å²) in [4.78, 5) is 4.76. The number of hydrogen-bond acceptors (Lipinski definition) is 4. The van der Waals surface area contributed by atoms with Gasteiger partial charge in [0.1, 0.15) is 0 Å². The molecule has 3 heterocycles. The zero-order chi connectivity index (χ0) is 18.3. The summed E-state index contributed by atoms with van der Waals surface area (Å²) in [7, 11) is -1.53. The molecule has 0 atom stereocenters. The average molecular weight is 370 g/mol. The Morgan fingerprint density at radius 3 is 2.46 bits per heavy atom. The third kappa shape index (κ3) is 2.91. The van der Waals surface area contributed by atoms with E-state index in [1.165, 1.54) is 0 Å². The topological polar surface area (TPSA) is 68.1 Å². The standard InChI is InChI=1S/C19H22N4O2S/c1-14-5-7-16(8-6-14)26(24,25)23-12-9-15(10-13-23)18-17-4-3-11-20-19(17)22(2)21-18/h3-8,11,15H,9-10,12-13H2,1-2H3. The highest BCUT2D eigenvalue weighted by Gasteiger charge is 2.31. The summed E-state index contributed by atoms with van der Waals surface area (Å²) in [6.07, 6.45) is 3.31. The molecule has 0 aliphatic carbocycles. The van der Waals surface area contributed by atoms with E-state index in [0.717, 1.165) is 35.1 Å². The van der Waals surface area contributed by atoms with Crippen molar-refractivity contribution in [3.63, 3.8) is 0 Å². The maximum absolute atomic E-state index is 12.9. The Balaban J connectivity index is 1.54. The highest BCUT2D eigenvalue weighted by Crippen LogP contribution is 2.33. The molecule has 0 bridgehead atoms. The molecule has 0 N–H and O–H groups in total. The van der Waals surface area contributed by atoms with Crippen LogP contribution in [0.3, 0.4) is 0 Å². The van der Waals surface area contributed by atoms with Crippen LogP contribution >= 0.6 is 0 Å². The van der Waals surface area contributed by atoms with Gasteiger partial charge in [-0.15, -0.1) is 0 Å². The van der Waals surface area contributed by atoms with Crippen LogP contribution in [0.25, 0.3) is 11.0 Å². The van der Waals surface area contributed by atoms with Crippen LogP contribution in [0.1, 0.15) is 30.0 Å². The maximum Gasteiger partial charge on any atom is 0.243 e. The van der Waals surface area contributed by atoms with Gasteiger partial charge in [-0.25, -0.2) is 13.4 Å². The normalized spacial score (nSPS) is 17.0. The molecule has 136 valence electrons. The number of rotatable bonds is 3. The number of benzene rings is 1. The van der Waals surface area contributed by atoms with Crippen molar-refractivity contribution in [1.29, 1.82) is 0 Å². The van der Waals surface area contributed by atoms with Crippen LogP contribution in [0.5, 0.6) is 0 Å². The molecule has 6 nitrogen and oxygen atoms in total. The van der Waals surface area contributed by atoms with Crippen LogP contribution in [0.15, 0.2) is 47.5 Å². The van der Waals surface area contributed by atoms with Crippen molar-refractivity contribution in [2.24, 2.45) is 7.05 Å². The Labute approximate surface area is 153 Å². The van der Waals surface area contributed by atoms with E-state index in [2.05, 4.69) is 10.1 Å². The Kier molecular flexibility index (Phi) is 4.28. The van der Waals surface area contributed by atoms with Crippen molar-refractivity contribution < 1.29 is 8.42 Å². The molecule has 7 heteroatoms. The summed E-state index contributed by atoms with van der Waals surface area (Å²) in [6, 6.07) is 11.0. The SMILES string of the molecule is Cc1ccc(S(=O)(=O)N2CCC(c3nn(C)c4ncccc34)CC2)cc1. The smallest absolute Gasteiger partial charge is 0.243 e. The van der Waals surface area contributed by atoms with Gasteiger partial charge in [-0.1, -0.05) is 17.7 Å². The van der Waals surface area contributed by atoms with E-state index >= 15 is 0 Å². The Morgan fingerprint density at radius 2 is 1.77 bits per heavy atom. The Morgan fingerprint density at radius 1 is 1.08 bits per heavy atom. The number of piperidine rings is 1. The lowest BCUT2D eigenvalue weighted by Crippen LogP contribution is -2.38. The van der Waals surface area contributed by atoms with E-state index in [4.69, 9.17) is 0 Å². The fourth-order valence-electron chi connectivity index (χ4n) is 3.65. The molecule has 1 fully saturated rings. The largest absolute Gasteiger partial charge is 0.250 e. The number of aromatic nitrogens is 3. The summed E-state index contributed by atoms with van der Waals surface area (Å²) in [5.41, 5.74) is 2.96. The summed E-state index contributed by atoms with van der Waals surface area (Å²) in [5, 5.41) is 5.72. The maximum atomic E-state index is 12.9. The summed E-state index contributed by atoms with van der Waals surface area (Å²) < 4.78 is 29.1. The van der Waals surface area contributed by atoms with Gasteiger partial charge in [-0.2, -0.15) is 9.40 Å². The molecule has 3 aromatic rings. The summed E-state index contributed by atoms with van der Waals surface area (Å²) >= 11 is 0. The van der Waals surface area contributed by atoms with Gasteiger partial charge < -0.3 is 0 Å². The second-order valence-electron chi connectivity index (χ2n) is 6.87. The van der Waals surface area contributed by atoms with Crippen molar-refractivity contribution in [2.75, 3.05) is 13.1 Å². The molecule has 0 amide bonds. The van der Waals surface area contributed by atoms with Crippen molar-refractivity contribution >= 4 is 21.1 Å². The molecule has 0 spiro atoms. The molecular weight excluding hydrogens is 348 g/mol. The quantitative estimate of drug-likeness (QED) is 0.711. The minimum atomic E-state index is -3.43. The Bertz CT molecular complexity index is 1030. The lowest BCUT2D eigenvalue weighted by atomic mass is 9.93. The first-order valence-corrected chi connectivity index (χ1v) is 10.3. The summed E-state index contributed by atoms with van der Waals surface area (Å²) in [6.45, 7) is 2.98. The van der Waals surface area contributed by atoms with Crippen molar-refractivity contribution in [3.05, 3.63) is 53.9 Å². The lowest BCUT2D eigenvalue weighted by Gasteiger charge is -2.30. The van der Waals surface area contributed by atoms with Crippen LogP contribution in [-0.4, -0.2) is 40.6 Å². The first kappa shape index (κ1) is 17.2. The summed E-state index contributed by atoms with van der Waals surface area (Å²) in [5.74, 6) is 0.257. The van der Waals surface area contributed by atoms with Gasteiger partial charge in [0.15, 0.2) is 5.65 Å². The minimum absolute atomic E-state index is 0.257. The first-order chi connectivity index (χ1) is 12.5. The van der Waals surface area contributed by atoms with E-state index in [0.29, 0.717) is 18.0 Å². The van der Waals surface area contributed by atoms with Crippen LogP contribution in [0.4, 0.5) is 0 Å². The number of nitrogens with zero attached hydrogens (tertiary/aromatic N) is 4. The zero-order valence-electron chi connectivity index (χ0n) is 15.0. The molecule has 1 aliphatic rings. The van der Waals surface area contributed by atoms with E-state index < -0.39 is 10.0 Å². The molecule has 0 saturated carbocycles. The molecule has 1 aromatic carbocycles. The third-order valence-electron chi connectivity index (χ3n) is 5.13. The molecule has 0 unspecified atom stereocenters. The van der Waals surface area contributed by atoms with Gasteiger partial charge >= 0.3 is 0 Å². The fraction of sp³-hybridized carbons (Fsp3) is 0.368. The predicted molar refractivity (Wildman–Crippen MR) is 100 cm³/mol. The van der Waals surface area contributed by atoms with E-state index in [1.54, 1.807) is 27.3 Å². The zero-order valence-corrected chi connectivity index (χ0v) is 15.8. The molecule has 1 aliphatic heterocycles. The molecule has 0 radical (unpaired) electrons. The lowest BCUT2D eigenvalue weighted by molar-refractivity contribution is 0.316. The van der Waals surface area contributed by atoms with Gasteiger partial charge in [0.25, 0.3) is 0 Å². The number of pyridine rings is 1. The number of fused-ring (bicyclic) bond motifs is 1. The second-order valence-corrected chi connectivity index (χ2v) is 8.81. The van der Waals surface area contributed by atoms with E-state index in [1.807, 2.05) is 38.2 Å². The highest BCUT2D eigenvalue weighted by atomic mass is 32.2. The van der Waals surface area contributed by atoms with Crippen molar-refractivity contribution in [1.82, 2.24) is 19.1 Å². The van der Waals surface area contributed by atoms with Crippen molar-refractivity contribution in [3.8, 4) is 0 Å². The van der Waals surface area contributed by atoms with Gasteiger partial charge in [0.05, 0.1) is 10.6 Å². The molecule has 2 aromatic heterocycles. The number of aryl methyl sites for hydroxylation is 2. The van der Waals surface area contributed by atoms with Gasteiger partial charge in [0.2, 0.25) is 10.0 Å². The van der Waals surface area contributed by atoms with E-state index in [-0.39, 0.29) is 5.92 Å². The molecule has 26 heavy (non-hydrogen) atoms. The van der Waals surface area contributed by atoms with Gasteiger partial charge in [-0.05, 0) is 44.0 Å². The van der Waals surface area contributed by atoms with Crippen molar-refractivity contribution in [2.45, 2.75) is 30.6 Å². The highest BCUT2D eigenvalue weighted by molar-refractivity contribution is 7.89. The number of hydrogen-bond donors (Lipinski definition) is 0. The van der Waals surface area contributed by atoms with Crippen LogP contribution < -0.4 is 0 Å². The first-order valence-electron chi connectivity index (χ1n) is 8.81. The molecule has 4 rings (SSSR count).